The first-order chi connectivity index (χ1) is 18.3. The highest BCUT2D eigenvalue weighted by molar-refractivity contribution is 5.74. The van der Waals surface area contributed by atoms with Crippen molar-refractivity contribution >= 4 is 5.97 Å². The van der Waals surface area contributed by atoms with Gasteiger partial charge in [0.05, 0.1) is 12.9 Å². The maximum absolute atomic E-state index is 11.4. The number of hydrogen-bond acceptors (Lipinski definition) is 5. The van der Waals surface area contributed by atoms with E-state index in [1.807, 2.05) is 60.7 Å². The molecule has 0 spiro atoms. The Morgan fingerprint density at radius 3 is 2.32 bits per heavy atom. The molecule has 0 aliphatic heterocycles. The minimum Gasteiger partial charge on any atom is -0.501 e. The van der Waals surface area contributed by atoms with E-state index in [-0.39, 0.29) is 6.42 Å². The van der Waals surface area contributed by atoms with Crippen molar-refractivity contribution in [2.45, 2.75) is 58.6 Å². The zero-order valence-corrected chi connectivity index (χ0v) is 23.2. The molecule has 1 unspecified atom stereocenters. The van der Waals surface area contributed by atoms with Crippen LogP contribution in [0, 0.1) is 0 Å². The van der Waals surface area contributed by atoms with E-state index in [0.29, 0.717) is 18.1 Å². The number of methoxy groups -OCH3 is 1. The van der Waals surface area contributed by atoms with Gasteiger partial charge in [0.15, 0.2) is 0 Å². The zero-order chi connectivity index (χ0) is 28.2. The summed E-state index contributed by atoms with van der Waals surface area (Å²) < 4.78 is 11.2. The maximum Gasteiger partial charge on any atom is 0.326 e. The molecule has 0 saturated heterocycles. The van der Waals surface area contributed by atoms with E-state index >= 15 is 0 Å². The molecule has 3 N–H and O–H groups in total. The van der Waals surface area contributed by atoms with Gasteiger partial charge in [-0.2, -0.15) is 0 Å². The number of ether oxygens (including phenoxy) is 2. The standard InChI is InChI=1S/C26H31NO4.C6H13N/c1-19(2)27-25(26(28)29)17-24(30-4)16-20(3)10-11-21-12-14-23(15-13-21)31-18-22-8-6-5-7-9-22;1-3-5-6-7-4-2/h5-9,12-16,25,27H,1,3,10-11,17-18H2,2,4H3,(H,28,29);4,7H,2-3,5-6H2,1H3/b24-16-;. The average molecular weight is 521 g/mol. The zero-order valence-electron chi connectivity index (χ0n) is 23.2. The predicted octanol–water partition coefficient (Wildman–Crippen LogP) is 6.77. The number of carboxylic acid groups (broad SMARTS) is 1. The van der Waals surface area contributed by atoms with Gasteiger partial charge in [-0.3, -0.25) is 0 Å². The highest BCUT2D eigenvalue weighted by Crippen LogP contribution is 2.18. The smallest absolute Gasteiger partial charge is 0.326 e. The number of rotatable bonds is 17. The van der Waals surface area contributed by atoms with Gasteiger partial charge < -0.3 is 25.2 Å². The molecule has 0 bridgehead atoms. The molecule has 38 heavy (non-hydrogen) atoms. The molecule has 2 aromatic rings. The van der Waals surface area contributed by atoms with Crippen molar-refractivity contribution in [3.63, 3.8) is 0 Å². The number of nitrogens with one attached hydrogen (secondary N) is 2. The molecule has 0 fully saturated rings. The normalized spacial score (nSPS) is 11.3. The van der Waals surface area contributed by atoms with Crippen LogP contribution >= 0.6 is 0 Å². The largest absolute Gasteiger partial charge is 0.501 e. The third-order valence-electron chi connectivity index (χ3n) is 5.48. The molecular weight excluding hydrogens is 476 g/mol. The highest BCUT2D eigenvalue weighted by atomic mass is 16.5. The Kier molecular flexibility index (Phi) is 16.2. The molecule has 0 heterocycles. The number of aliphatic carboxylic acids is 1. The lowest BCUT2D eigenvalue weighted by Crippen LogP contribution is -2.35. The maximum atomic E-state index is 11.4. The molecule has 0 aliphatic rings. The summed E-state index contributed by atoms with van der Waals surface area (Å²) in [4.78, 5) is 11.4. The lowest BCUT2D eigenvalue weighted by molar-refractivity contribution is -0.139. The summed E-state index contributed by atoms with van der Waals surface area (Å²) >= 11 is 0. The number of allylic oxidation sites excluding steroid dienone is 3. The van der Waals surface area contributed by atoms with Crippen LogP contribution in [0.5, 0.6) is 5.75 Å². The molecule has 0 radical (unpaired) electrons. The van der Waals surface area contributed by atoms with Crippen LogP contribution in [0.25, 0.3) is 0 Å². The average Bonchev–Trinajstić information content (AvgIpc) is 2.91. The van der Waals surface area contributed by atoms with Crippen molar-refractivity contribution in [1.82, 2.24) is 10.6 Å². The van der Waals surface area contributed by atoms with E-state index in [1.54, 1.807) is 13.1 Å². The fraction of sp³-hybridized carbons (Fsp3) is 0.344. The van der Waals surface area contributed by atoms with Crippen LogP contribution in [0.1, 0.15) is 50.7 Å². The SMILES string of the molecule is C=C(/C=C(/CC(NC(=C)C)C(=O)O)OC)CCc1ccc(OCc2ccccc2)cc1.C=CNCCCC. The fourth-order valence-electron chi connectivity index (χ4n) is 3.38. The molecule has 0 aliphatic carbocycles. The molecule has 2 aromatic carbocycles. The number of unbranched alkanes of at least 4 members (excludes halogenated alkanes) is 1. The van der Waals surface area contributed by atoms with Gasteiger partial charge in [0.2, 0.25) is 0 Å². The van der Waals surface area contributed by atoms with Crippen molar-refractivity contribution in [3.05, 3.63) is 115 Å². The van der Waals surface area contributed by atoms with Crippen molar-refractivity contribution in [2.75, 3.05) is 13.7 Å². The van der Waals surface area contributed by atoms with Gasteiger partial charge in [0.25, 0.3) is 0 Å². The summed E-state index contributed by atoms with van der Waals surface area (Å²) in [6.07, 6.45) is 7.81. The van der Waals surface area contributed by atoms with E-state index in [0.717, 1.165) is 36.3 Å². The Morgan fingerprint density at radius 1 is 1.08 bits per heavy atom. The molecule has 6 heteroatoms. The third kappa shape index (κ3) is 14.6. The van der Waals surface area contributed by atoms with Crippen molar-refractivity contribution in [1.29, 1.82) is 0 Å². The van der Waals surface area contributed by atoms with E-state index in [2.05, 4.69) is 37.3 Å². The van der Waals surface area contributed by atoms with Crippen molar-refractivity contribution in [3.8, 4) is 5.75 Å². The van der Waals surface area contributed by atoms with Crippen LogP contribution in [-0.2, 0) is 22.6 Å². The molecule has 2 rings (SSSR count). The van der Waals surface area contributed by atoms with Gasteiger partial charge >= 0.3 is 5.97 Å². The second kappa shape index (κ2) is 19.2. The second-order valence-electron chi connectivity index (χ2n) is 8.92. The number of carboxylic acids is 1. The summed E-state index contributed by atoms with van der Waals surface area (Å²) in [5, 5.41) is 15.2. The monoisotopic (exact) mass is 520 g/mol. The van der Waals surface area contributed by atoms with Gasteiger partial charge in [0, 0.05) is 18.7 Å². The minimum absolute atomic E-state index is 0.213. The van der Waals surface area contributed by atoms with Crippen LogP contribution in [0.2, 0.25) is 0 Å². The number of hydrogen-bond donors (Lipinski definition) is 3. The van der Waals surface area contributed by atoms with Crippen molar-refractivity contribution < 1.29 is 19.4 Å². The molecule has 206 valence electrons. The first kappa shape index (κ1) is 32.1. The first-order valence-corrected chi connectivity index (χ1v) is 13.0. The van der Waals surface area contributed by atoms with Crippen LogP contribution in [0.3, 0.4) is 0 Å². The summed E-state index contributed by atoms with van der Waals surface area (Å²) in [6.45, 7) is 16.8. The summed E-state index contributed by atoms with van der Waals surface area (Å²) in [5.41, 5.74) is 3.78. The number of benzene rings is 2. The Labute approximate surface area is 228 Å². The summed E-state index contributed by atoms with van der Waals surface area (Å²) in [7, 11) is 1.53. The summed E-state index contributed by atoms with van der Waals surface area (Å²) in [5.74, 6) is 0.444. The fourth-order valence-corrected chi connectivity index (χ4v) is 3.38. The highest BCUT2D eigenvalue weighted by Gasteiger charge is 2.19. The number of aryl methyl sites for hydroxylation is 1. The molecule has 0 aromatic heterocycles. The third-order valence-corrected chi connectivity index (χ3v) is 5.48. The van der Waals surface area contributed by atoms with Gasteiger partial charge in [-0.05, 0) is 61.7 Å². The minimum atomic E-state index is -0.953. The quantitative estimate of drug-likeness (QED) is 0.121. The number of carbonyl (C=O) groups is 1. The van der Waals surface area contributed by atoms with E-state index < -0.39 is 12.0 Å². The molecule has 6 nitrogen and oxygen atoms in total. The summed E-state index contributed by atoms with van der Waals surface area (Å²) in [6, 6.07) is 17.3. The Balaban J connectivity index is 0.000000905. The molecule has 0 saturated carbocycles. The molecular formula is C32H44N2O4. The Bertz CT molecular complexity index is 1010. The predicted molar refractivity (Wildman–Crippen MR) is 157 cm³/mol. The van der Waals surface area contributed by atoms with Gasteiger partial charge in [-0.15, -0.1) is 0 Å². The first-order valence-electron chi connectivity index (χ1n) is 13.0. The van der Waals surface area contributed by atoms with Crippen LogP contribution in [0.4, 0.5) is 0 Å². The van der Waals surface area contributed by atoms with E-state index in [9.17, 15) is 9.90 Å². The van der Waals surface area contributed by atoms with Gasteiger partial charge in [-0.1, -0.05) is 81.1 Å². The molecule has 0 amide bonds. The molecule has 1 atom stereocenters. The van der Waals surface area contributed by atoms with E-state index in [4.69, 9.17) is 9.47 Å². The Morgan fingerprint density at radius 2 is 1.76 bits per heavy atom. The topological polar surface area (TPSA) is 79.8 Å². The van der Waals surface area contributed by atoms with E-state index in [1.165, 1.54) is 25.5 Å². The van der Waals surface area contributed by atoms with Gasteiger partial charge in [0.1, 0.15) is 18.4 Å². The van der Waals surface area contributed by atoms with Crippen LogP contribution in [-0.4, -0.2) is 30.8 Å². The van der Waals surface area contributed by atoms with Crippen LogP contribution in [0.15, 0.2) is 104 Å². The van der Waals surface area contributed by atoms with Crippen LogP contribution < -0.4 is 15.4 Å². The Hall–Kier alpha value is -3.93. The second-order valence-corrected chi connectivity index (χ2v) is 8.92. The van der Waals surface area contributed by atoms with Gasteiger partial charge in [-0.25, -0.2) is 4.79 Å². The van der Waals surface area contributed by atoms with Crippen molar-refractivity contribution in [2.24, 2.45) is 0 Å². The lowest BCUT2D eigenvalue weighted by atomic mass is 10.0. The lowest BCUT2D eigenvalue weighted by Gasteiger charge is -2.17.